The number of hydrogen-bond donors (Lipinski definition) is 3. The molecule has 0 bridgehead atoms. The third kappa shape index (κ3) is 6.93. The molecule has 7 nitrogen and oxygen atoms in total. The molecule has 1 aromatic heterocycles. The van der Waals surface area contributed by atoms with Crippen LogP contribution in [-0.2, 0) is 11.2 Å². The zero-order chi connectivity index (χ0) is 24.8. The summed E-state index contributed by atoms with van der Waals surface area (Å²) in [5.41, 5.74) is 2.02. The van der Waals surface area contributed by atoms with Gasteiger partial charge in [0.05, 0.1) is 10.7 Å². The summed E-state index contributed by atoms with van der Waals surface area (Å²) in [4.78, 5) is 25.8. The molecular weight excluding hydrogens is 529 g/mol. The van der Waals surface area contributed by atoms with Crippen LogP contribution in [0.4, 0.5) is 15.6 Å². The zero-order valence-corrected chi connectivity index (χ0v) is 21.1. The Morgan fingerprint density at radius 2 is 1.63 bits per heavy atom. The van der Waals surface area contributed by atoms with Crippen molar-refractivity contribution >= 4 is 68.9 Å². The number of carbonyl (C=O) groups excluding carboxylic acids is 2. The summed E-state index contributed by atoms with van der Waals surface area (Å²) in [7, 11) is 0. The van der Waals surface area contributed by atoms with E-state index in [4.69, 9.17) is 34.8 Å². The Kier molecular flexibility index (Phi) is 8.20. The van der Waals surface area contributed by atoms with Crippen LogP contribution in [-0.4, -0.2) is 28.2 Å². The Morgan fingerprint density at radius 3 is 2.37 bits per heavy atom. The van der Waals surface area contributed by atoms with Crippen LogP contribution in [0.15, 0.2) is 72.8 Å². The van der Waals surface area contributed by atoms with Gasteiger partial charge in [-0.1, -0.05) is 88.6 Å². The summed E-state index contributed by atoms with van der Waals surface area (Å²) in [6.45, 7) is 0. The normalized spacial score (nSPS) is 11.5. The number of benzene rings is 3. The van der Waals surface area contributed by atoms with E-state index in [1.165, 1.54) is 17.4 Å². The molecule has 4 aromatic rings. The number of hydrogen-bond acceptors (Lipinski definition) is 5. The van der Waals surface area contributed by atoms with Gasteiger partial charge in [0.2, 0.25) is 11.0 Å². The number of anilines is 2. The molecule has 0 aliphatic carbocycles. The fourth-order valence-corrected chi connectivity index (χ4v) is 4.56. The molecule has 0 spiro atoms. The number of carbonyl (C=O) groups is 2. The summed E-state index contributed by atoms with van der Waals surface area (Å²) < 4.78 is 0. The monoisotopic (exact) mass is 545 g/mol. The van der Waals surface area contributed by atoms with E-state index in [2.05, 4.69) is 26.1 Å². The van der Waals surface area contributed by atoms with Crippen LogP contribution in [0.25, 0.3) is 10.6 Å². The number of nitrogens with zero attached hydrogens (tertiary/aromatic N) is 2. The summed E-state index contributed by atoms with van der Waals surface area (Å²) in [5.74, 6) is -0.444. The average Bonchev–Trinajstić information content (AvgIpc) is 3.30. The molecular formula is C24H18Cl3N5O2S. The highest BCUT2D eigenvalue weighted by Gasteiger charge is 2.23. The van der Waals surface area contributed by atoms with Crippen LogP contribution in [0.2, 0.25) is 15.1 Å². The van der Waals surface area contributed by atoms with Gasteiger partial charge < -0.3 is 10.6 Å². The van der Waals surface area contributed by atoms with Gasteiger partial charge in [0.1, 0.15) is 11.0 Å². The molecule has 3 amide bonds. The highest BCUT2D eigenvalue weighted by atomic mass is 35.5. The molecule has 35 heavy (non-hydrogen) atoms. The van der Waals surface area contributed by atoms with Crippen molar-refractivity contribution in [3.05, 3.63) is 93.4 Å². The van der Waals surface area contributed by atoms with E-state index in [0.717, 1.165) is 11.1 Å². The number of amides is 3. The van der Waals surface area contributed by atoms with E-state index in [9.17, 15) is 9.59 Å². The first-order valence-corrected chi connectivity index (χ1v) is 12.3. The Morgan fingerprint density at radius 1 is 0.857 bits per heavy atom. The summed E-state index contributed by atoms with van der Waals surface area (Å²) in [5, 5.41) is 18.5. The third-order valence-electron chi connectivity index (χ3n) is 4.81. The van der Waals surface area contributed by atoms with Crippen LogP contribution in [0.3, 0.4) is 0 Å². The predicted molar refractivity (Wildman–Crippen MR) is 142 cm³/mol. The van der Waals surface area contributed by atoms with Crippen LogP contribution in [0.5, 0.6) is 0 Å². The van der Waals surface area contributed by atoms with E-state index in [-0.39, 0.29) is 11.4 Å². The van der Waals surface area contributed by atoms with Crippen molar-refractivity contribution in [1.82, 2.24) is 15.5 Å². The maximum absolute atomic E-state index is 13.1. The lowest BCUT2D eigenvalue weighted by Crippen LogP contribution is -2.47. The molecule has 0 fully saturated rings. The van der Waals surface area contributed by atoms with Gasteiger partial charge in [-0.15, -0.1) is 10.2 Å². The summed E-state index contributed by atoms with van der Waals surface area (Å²) >= 11 is 19.3. The molecule has 0 radical (unpaired) electrons. The summed E-state index contributed by atoms with van der Waals surface area (Å²) in [6, 6.07) is 19.7. The topological polar surface area (TPSA) is 96.0 Å². The number of nitrogens with one attached hydrogen (secondary N) is 3. The fourth-order valence-electron chi connectivity index (χ4n) is 3.17. The molecule has 178 valence electrons. The highest BCUT2D eigenvalue weighted by molar-refractivity contribution is 7.18. The quantitative estimate of drug-likeness (QED) is 0.245. The van der Waals surface area contributed by atoms with Crippen LogP contribution < -0.4 is 16.0 Å². The molecule has 1 heterocycles. The SMILES string of the molecule is O=C(Nc1ccc(Cl)cc1Cl)N[C@H](Cc1ccccc1)C(=O)Nc1nnc(-c2cccc(Cl)c2)s1. The molecule has 3 N–H and O–H groups in total. The first-order valence-electron chi connectivity index (χ1n) is 10.3. The first-order chi connectivity index (χ1) is 16.9. The van der Waals surface area contributed by atoms with Crippen molar-refractivity contribution in [2.45, 2.75) is 12.5 Å². The van der Waals surface area contributed by atoms with Crippen molar-refractivity contribution in [3.8, 4) is 10.6 Å². The fraction of sp³-hybridized carbons (Fsp3) is 0.0833. The number of halogens is 3. The van der Waals surface area contributed by atoms with Crippen LogP contribution in [0, 0.1) is 0 Å². The zero-order valence-electron chi connectivity index (χ0n) is 18.0. The van der Waals surface area contributed by atoms with Crippen LogP contribution in [0.1, 0.15) is 5.56 Å². The van der Waals surface area contributed by atoms with Crippen LogP contribution >= 0.6 is 46.1 Å². The standard InChI is InChI=1S/C24H18Cl3N5O2S/c25-16-8-4-7-15(12-16)22-31-32-24(35-22)30-21(33)20(11-14-5-2-1-3-6-14)29-23(34)28-19-10-9-17(26)13-18(19)27/h1-10,12-13,20H,11H2,(H2,28,29,34)(H,30,32,33)/t20-/m1/s1. The minimum Gasteiger partial charge on any atom is -0.326 e. The van der Waals surface area contributed by atoms with Gasteiger partial charge in [0.25, 0.3) is 0 Å². The molecule has 0 aliphatic rings. The van der Waals surface area contributed by atoms with E-state index < -0.39 is 18.0 Å². The van der Waals surface area contributed by atoms with Gasteiger partial charge in [0, 0.05) is 22.0 Å². The number of urea groups is 1. The Labute approximate surface area is 220 Å². The average molecular weight is 547 g/mol. The van der Waals surface area contributed by atoms with Gasteiger partial charge in [-0.3, -0.25) is 10.1 Å². The second-order valence-corrected chi connectivity index (χ2v) is 9.63. The highest BCUT2D eigenvalue weighted by Crippen LogP contribution is 2.28. The van der Waals surface area contributed by atoms with Gasteiger partial charge in [-0.25, -0.2) is 4.79 Å². The smallest absolute Gasteiger partial charge is 0.319 e. The Balaban J connectivity index is 1.48. The van der Waals surface area contributed by atoms with Gasteiger partial charge >= 0.3 is 6.03 Å². The first kappa shape index (κ1) is 24.9. The molecule has 0 unspecified atom stereocenters. The Hall–Kier alpha value is -3.17. The van der Waals surface area contributed by atoms with Crippen molar-refractivity contribution in [2.24, 2.45) is 0 Å². The van der Waals surface area contributed by atoms with Gasteiger partial charge in [-0.2, -0.15) is 0 Å². The van der Waals surface area contributed by atoms with Crippen molar-refractivity contribution in [1.29, 1.82) is 0 Å². The minimum atomic E-state index is -0.901. The molecule has 0 saturated heterocycles. The largest absolute Gasteiger partial charge is 0.326 e. The van der Waals surface area contributed by atoms with Gasteiger partial charge in [0.15, 0.2) is 0 Å². The number of rotatable bonds is 7. The summed E-state index contributed by atoms with van der Waals surface area (Å²) in [6.07, 6.45) is 0.258. The minimum absolute atomic E-state index is 0.258. The maximum Gasteiger partial charge on any atom is 0.319 e. The second kappa shape index (κ2) is 11.5. The van der Waals surface area contributed by atoms with Crippen molar-refractivity contribution < 1.29 is 9.59 Å². The Bertz CT molecular complexity index is 1350. The van der Waals surface area contributed by atoms with E-state index in [1.54, 1.807) is 24.3 Å². The lowest BCUT2D eigenvalue weighted by molar-refractivity contribution is -0.117. The predicted octanol–water partition coefficient (Wildman–Crippen LogP) is 6.54. The van der Waals surface area contributed by atoms with E-state index in [0.29, 0.717) is 25.9 Å². The molecule has 0 saturated carbocycles. The molecule has 4 rings (SSSR count). The van der Waals surface area contributed by atoms with Crippen molar-refractivity contribution in [2.75, 3.05) is 10.6 Å². The third-order valence-corrected chi connectivity index (χ3v) is 6.48. The number of aromatic nitrogens is 2. The van der Waals surface area contributed by atoms with E-state index >= 15 is 0 Å². The van der Waals surface area contributed by atoms with Gasteiger partial charge in [-0.05, 0) is 35.9 Å². The second-order valence-electron chi connectivity index (χ2n) is 7.38. The molecule has 0 aliphatic heterocycles. The molecule has 1 atom stereocenters. The van der Waals surface area contributed by atoms with E-state index in [1.807, 2.05) is 42.5 Å². The molecule has 3 aromatic carbocycles. The lowest BCUT2D eigenvalue weighted by atomic mass is 10.1. The molecule has 11 heteroatoms. The lowest BCUT2D eigenvalue weighted by Gasteiger charge is -2.18. The maximum atomic E-state index is 13.1. The van der Waals surface area contributed by atoms with Crippen molar-refractivity contribution in [3.63, 3.8) is 0 Å².